The van der Waals surface area contributed by atoms with Gasteiger partial charge in [0.1, 0.15) is 23.9 Å². The van der Waals surface area contributed by atoms with E-state index in [0.29, 0.717) is 24.9 Å². The third kappa shape index (κ3) is 11.9. The van der Waals surface area contributed by atoms with Crippen LogP contribution in [0.5, 0.6) is 5.75 Å². The number of carboxylic acid groups (broad SMARTS) is 2. The molecule has 1 rings (SSSR count). The number of hydrogen-bond donors (Lipinski definition) is 9. The molecule has 10 N–H and O–H groups in total. The average Bonchev–Trinajstić information content (AvgIpc) is 2.85. The van der Waals surface area contributed by atoms with E-state index < -0.39 is 53.8 Å². The van der Waals surface area contributed by atoms with Crippen LogP contribution < -0.4 is 27.4 Å². The number of unbranched alkanes of at least 4 members (excludes halogenated alkanes) is 1. The van der Waals surface area contributed by atoms with Gasteiger partial charge in [0.2, 0.25) is 17.7 Å². The van der Waals surface area contributed by atoms with Crippen LogP contribution in [-0.4, -0.2) is 81.4 Å². The largest absolute Gasteiger partial charge is 0.508 e. The van der Waals surface area contributed by atoms with Crippen molar-refractivity contribution in [3.63, 3.8) is 0 Å². The number of carbonyl (C=O) groups is 5. The lowest BCUT2D eigenvalue weighted by atomic mass is 10.0. The second kappa shape index (κ2) is 16.4. The number of rotatable bonds is 17. The van der Waals surface area contributed by atoms with Crippen LogP contribution in [0.25, 0.3) is 0 Å². The van der Waals surface area contributed by atoms with Crippen molar-refractivity contribution in [2.24, 2.45) is 11.5 Å². The van der Waals surface area contributed by atoms with E-state index in [4.69, 9.17) is 16.6 Å². The Balaban J connectivity index is 2.87. The summed E-state index contributed by atoms with van der Waals surface area (Å²) in [5.74, 6) is -4.80. The minimum Gasteiger partial charge on any atom is -0.508 e. The second-order valence-corrected chi connectivity index (χ2v) is 8.76. The predicted octanol–water partition coefficient (Wildman–Crippen LogP) is -1.28. The minimum absolute atomic E-state index is 0.00783. The molecule has 0 fully saturated rings. The molecule has 4 atom stereocenters. The molecule has 13 nitrogen and oxygen atoms in total. The second-order valence-electron chi connectivity index (χ2n) is 8.40. The molecular weight excluding hydrogens is 506 g/mol. The number of hydrogen-bond acceptors (Lipinski definition) is 9. The van der Waals surface area contributed by atoms with Gasteiger partial charge < -0.3 is 42.7 Å². The predicted molar refractivity (Wildman–Crippen MR) is 137 cm³/mol. The molecule has 14 heteroatoms. The molecule has 0 radical (unpaired) electrons. The molecule has 1 aromatic carbocycles. The zero-order chi connectivity index (χ0) is 28.0. The Morgan fingerprint density at radius 1 is 0.838 bits per heavy atom. The maximum Gasteiger partial charge on any atom is 0.326 e. The van der Waals surface area contributed by atoms with Gasteiger partial charge >= 0.3 is 11.9 Å². The van der Waals surface area contributed by atoms with Gasteiger partial charge in [0.25, 0.3) is 0 Å². The number of aliphatic carboxylic acids is 2. The standard InChI is InChI=1S/C23H35N5O8S/c24-10-2-1-3-16(26-20(32)15(25)8-9-19(30)31)21(33)28-18(12-37)22(34)27-17(23(35)36)11-13-4-6-14(29)7-5-13/h4-7,15-18,29,37H,1-3,8-12,24-25H2,(H,26,32)(H,27,34)(H,28,33)(H,30,31)(H,35,36). The van der Waals surface area contributed by atoms with Crippen LogP contribution in [0.4, 0.5) is 0 Å². The number of amides is 3. The lowest BCUT2D eigenvalue weighted by Gasteiger charge is -2.24. The summed E-state index contributed by atoms with van der Waals surface area (Å²) in [5, 5.41) is 35.0. The number of phenols is 1. The topological polar surface area (TPSA) is 234 Å². The molecule has 0 aromatic heterocycles. The van der Waals surface area contributed by atoms with E-state index >= 15 is 0 Å². The monoisotopic (exact) mass is 541 g/mol. The SMILES string of the molecule is NCCCCC(NC(=O)C(N)CCC(=O)O)C(=O)NC(CS)C(=O)NC(Cc1ccc(O)cc1)C(=O)O. The van der Waals surface area contributed by atoms with Crippen LogP contribution >= 0.6 is 12.6 Å². The zero-order valence-corrected chi connectivity index (χ0v) is 21.2. The van der Waals surface area contributed by atoms with Gasteiger partial charge in [0.05, 0.1) is 6.04 Å². The highest BCUT2D eigenvalue weighted by Crippen LogP contribution is 2.12. The number of benzene rings is 1. The summed E-state index contributed by atoms with van der Waals surface area (Å²) in [5.41, 5.74) is 11.8. The first-order valence-corrected chi connectivity index (χ1v) is 12.3. The Labute approximate surface area is 219 Å². The van der Waals surface area contributed by atoms with E-state index in [1.165, 1.54) is 24.3 Å². The molecule has 0 heterocycles. The fourth-order valence-electron chi connectivity index (χ4n) is 3.26. The molecule has 206 valence electrons. The van der Waals surface area contributed by atoms with Crippen LogP contribution in [-0.2, 0) is 30.4 Å². The third-order valence-corrected chi connectivity index (χ3v) is 5.76. The Bertz CT molecular complexity index is 930. The van der Waals surface area contributed by atoms with Gasteiger partial charge in [0.15, 0.2) is 0 Å². The summed E-state index contributed by atoms with van der Waals surface area (Å²) < 4.78 is 0. The minimum atomic E-state index is -1.32. The number of carbonyl (C=O) groups excluding carboxylic acids is 3. The highest BCUT2D eigenvalue weighted by atomic mass is 32.1. The van der Waals surface area contributed by atoms with Crippen molar-refractivity contribution >= 4 is 42.3 Å². The maximum absolute atomic E-state index is 12.9. The molecule has 0 spiro atoms. The van der Waals surface area contributed by atoms with Gasteiger partial charge in [-0.15, -0.1) is 0 Å². The van der Waals surface area contributed by atoms with Crippen molar-refractivity contribution in [1.82, 2.24) is 16.0 Å². The summed E-state index contributed by atoms with van der Waals surface area (Å²) in [4.78, 5) is 60.5. The molecule has 0 aliphatic carbocycles. The normalized spacial score (nSPS) is 14.0. The van der Waals surface area contributed by atoms with Crippen molar-refractivity contribution in [3.05, 3.63) is 29.8 Å². The van der Waals surface area contributed by atoms with Crippen LogP contribution in [0.2, 0.25) is 0 Å². The molecule has 0 saturated carbocycles. The molecule has 0 aliphatic rings. The molecule has 0 aliphatic heterocycles. The molecule has 1 aromatic rings. The number of thiol groups is 1. The van der Waals surface area contributed by atoms with Crippen LogP contribution in [0.15, 0.2) is 24.3 Å². The van der Waals surface area contributed by atoms with Gasteiger partial charge in [-0.1, -0.05) is 12.1 Å². The number of nitrogens with two attached hydrogens (primary N) is 2. The summed E-state index contributed by atoms with van der Waals surface area (Å²) >= 11 is 4.09. The lowest BCUT2D eigenvalue weighted by molar-refractivity contribution is -0.142. The van der Waals surface area contributed by atoms with Gasteiger partial charge in [-0.3, -0.25) is 19.2 Å². The fraction of sp³-hybridized carbons (Fsp3) is 0.522. The van der Waals surface area contributed by atoms with Crippen molar-refractivity contribution in [2.45, 2.75) is 62.7 Å². The molecule has 3 amide bonds. The number of nitrogens with one attached hydrogen (secondary N) is 3. The van der Waals surface area contributed by atoms with E-state index in [0.717, 1.165) is 0 Å². The molecule has 37 heavy (non-hydrogen) atoms. The fourth-order valence-corrected chi connectivity index (χ4v) is 3.51. The van der Waals surface area contributed by atoms with Crippen molar-refractivity contribution in [1.29, 1.82) is 0 Å². The van der Waals surface area contributed by atoms with E-state index in [-0.39, 0.29) is 37.2 Å². The average molecular weight is 542 g/mol. The Morgan fingerprint density at radius 3 is 1.95 bits per heavy atom. The summed E-state index contributed by atoms with van der Waals surface area (Å²) in [6.45, 7) is 0.361. The van der Waals surface area contributed by atoms with E-state index in [1.807, 2.05) is 0 Å². The Morgan fingerprint density at radius 2 is 1.41 bits per heavy atom. The smallest absolute Gasteiger partial charge is 0.326 e. The Kier molecular flexibility index (Phi) is 14.0. The molecular formula is C23H35N5O8S. The van der Waals surface area contributed by atoms with Gasteiger partial charge in [0, 0.05) is 18.6 Å². The maximum atomic E-state index is 12.9. The van der Waals surface area contributed by atoms with Gasteiger partial charge in [-0.05, 0) is 49.9 Å². The quantitative estimate of drug-likeness (QED) is 0.0837. The lowest BCUT2D eigenvalue weighted by Crippen LogP contribution is -2.57. The van der Waals surface area contributed by atoms with E-state index in [9.17, 15) is 34.2 Å². The summed E-state index contributed by atoms with van der Waals surface area (Å²) in [6.07, 6.45) is 0.705. The zero-order valence-electron chi connectivity index (χ0n) is 20.3. The first kappa shape index (κ1) is 31.7. The van der Waals surface area contributed by atoms with E-state index in [1.54, 1.807) is 0 Å². The van der Waals surface area contributed by atoms with Crippen molar-refractivity contribution in [3.8, 4) is 5.75 Å². The summed E-state index contributed by atoms with van der Waals surface area (Å²) in [6, 6.07) is 1.05. The van der Waals surface area contributed by atoms with Gasteiger partial charge in [-0.2, -0.15) is 12.6 Å². The number of carboxylic acids is 2. The van der Waals surface area contributed by atoms with Crippen LogP contribution in [0, 0.1) is 0 Å². The van der Waals surface area contributed by atoms with Crippen molar-refractivity contribution in [2.75, 3.05) is 12.3 Å². The van der Waals surface area contributed by atoms with E-state index in [2.05, 4.69) is 28.6 Å². The molecule has 0 bridgehead atoms. The highest BCUT2D eigenvalue weighted by molar-refractivity contribution is 7.80. The molecule has 0 saturated heterocycles. The first-order chi connectivity index (χ1) is 17.5. The molecule has 4 unspecified atom stereocenters. The van der Waals surface area contributed by atoms with Crippen LogP contribution in [0.3, 0.4) is 0 Å². The third-order valence-electron chi connectivity index (χ3n) is 5.39. The van der Waals surface area contributed by atoms with Crippen molar-refractivity contribution < 1.29 is 39.3 Å². The van der Waals surface area contributed by atoms with Crippen LogP contribution in [0.1, 0.15) is 37.7 Å². The summed E-state index contributed by atoms with van der Waals surface area (Å²) in [7, 11) is 0. The van der Waals surface area contributed by atoms with Gasteiger partial charge in [-0.25, -0.2) is 4.79 Å². The Hall–Kier alpha value is -3.36. The highest BCUT2D eigenvalue weighted by Gasteiger charge is 2.29. The number of aromatic hydroxyl groups is 1. The number of phenolic OH excluding ortho intramolecular Hbond substituents is 1. The first-order valence-electron chi connectivity index (χ1n) is 11.7.